The second-order valence-electron chi connectivity index (χ2n) is 3.89. The number of nitrogen functional groups attached to an aromatic ring is 1. The van der Waals surface area contributed by atoms with Crippen molar-refractivity contribution in [3.63, 3.8) is 0 Å². The smallest absolute Gasteiger partial charge is 0.266 e. The average Bonchev–Trinajstić information content (AvgIpc) is 2.67. The van der Waals surface area contributed by atoms with Gasteiger partial charge in [-0.1, -0.05) is 0 Å². The van der Waals surface area contributed by atoms with Gasteiger partial charge in [0.25, 0.3) is 10.0 Å². The third-order valence-electron chi connectivity index (χ3n) is 2.55. The number of rotatable bonds is 4. The maximum atomic E-state index is 12.2. The van der Waals surface area contributed by atoms with Crippen molar-refractivity contribution in [2.75, 3.05) is 10.1 Å². The van der Waals surface area contributed by atoms with Gasteiger partial charge in [0, 0.05) is 25.0 Å². The second kappa shape index (κ2) is 4.86. The van der Waals surface area contributed by atoms with Gasteiger partial charge >= 0.3 is 0 Å². The number of aromatic nitrogens is 3. The number of hydrazine groups is 1. The van der Waals surface area contributed by atoms with Gasteiger partial charge in [0.15, 0.2) is 11.6 Å². The van der Waals surface area contributed by atoms with Gasteiger partial charge in [0.05, 0.1) is 0 Å². The molecule has 0 aliphatic rings. The molecule has 2 aromatic rings. The first-order chi connectivity index (χ1) is 8.94. The van der Waals surface area contributed by atoms with Crippen molar-refractivity contribution in [2.45, 2.75) is 11.8 Å². The first-order valence-electron chi connectivity index (χ1n) is 5.39. The van der Waals surface area contributed by atoms with Gasteiger partial charge in [-0.3, -0.25) is 9.40 Å². The second-order valence-corrected chi connectivity index (χ2v) is 5.55. The molecule has 0 bridgehead atoms. The van der Waals surface area contributed by atoms with Crippen LogP contribution in [0.4, 0.5) is 11.6 Å². The molecule has 0 saturated carbocycles. The molecule has 0 amide bonds. The Balaban J connectivity index is 2.37. The van der Waals surface area contributed by atoms with E-state index < -0.39 is 10.0 Å². The van der Waals surface area contributed by atoms with Crippen LogP contribution < -0.4 is 16.0 Å². The first-order valence-corrected chi connectivity index (χ1v) is 6.87. The molecular formula is C10H14N6O2S. The zero-order valence-corrected chi connectivity index (χ0v) is 11.3. The minimum Gasteiger partial charge on any atom is -0.307 e. The zero-order chi connectivity index (χ0) is 14.0. The van der Waals surface area contributed by atoms with Gasteiger partial charge in [-0.15, -0.1) is 0 Å². The highest BCUT2D eigenvalue weighted by molar-refractivity contribution is 7.92. The van der Waals surface area contributed by atoms with E-state index in [1.165, 1.54) is 18.3 Å². The Morgan fingerprint density at radius 1 is 1.42 bits per heavy atom. The van der Waals surface area contributed by atoms with Crippen molar-refractivity contribution < 1.29 is 8.42 Å². The van der Waals surface area contributed by atoms with Crippen LogP contribution in [0, 0.1) is 6.92 Å². The Bertz CT molecular complexity index is 674. The fourth-order valence-electron chi connectivity index (χ4n) is 1.52. The normalized spacial score (nSPS) is 11.3. The molecule has 0 aliphatic carbocycles. The zero-order valence-electron chi connectivity index (χ0n) is 10.5. The molecule has 19 heavy (non-hydrogen) atoms. The van der Waals surface area contributed by atoms with Crippen LogP contribution in [0.3, 0.4) is 0 Å². The van der Waals surface area contributed by atoms with E-state index in [-0.39, 0.29) is 16.5 Å². The van der Waals surface area contributed by atoms with Crippen LogP contribution in [0.5, 0.6) is 0 Å². The molecule has 0 aromatic carbocycles. The number of hydrogen-bond acceptors (Lipinski definition) is 6. The van der Waals surface area contributed by atoms with Crippen molar-refractivity contribution in [2.24, 2.45) is 12.9 Å². The van der Waals surface area contributed by atoms with Crippen molar-refractivity contribution in [1.82, 2.24) is 14.8 Å². The standard InChI is InChI=1S/C10H14N6O2S/c1-7-6-9(14-16(7)2)15-19(17,18)8-4-3-5-12-10(8)13-11/h3-6H,11H2,1-2H3,(H,12,13)(H,14,15). The SMILES string of the molecule is Cc1cc(NS(=O)(=O)c2cccnc2NN)nn1C. The Morgan fingerprint density at radius 2 is 2.16 bits per heavy atom. The summed E-state index contributed by atoms with van der Waals surface area (Å²) in [4.78, 5) is 3.81. The molecule has 2 aromatic heterocycles. The number of sulfonamides is 1. The fraction of sp³-hybridized carbons (Fsp3) is 0.200. The lowest BCUT2D eigenvalue weighted by Gasteiger charge is -2.08. The first kappa shape index (κ1) is 13.3. The van der Waals surface area contributed by atoms with Crippen LogP contribution in [-0.2, 0) is 17.1 Å². The van der Waals surface area contributed by atoms with E-state index in [0.717, 1.165) is 5.69 Å². The highest BCUT2D eigenvalue weighted by Gasteiger charge is 2.20. The molecule has 2 heterocycles. The van der Waals surface area contributed by atoms with Crippen molar-refractivity contribution in [1.29, 1.82) is 0 Å². The summed E-state index contributed by atoms with van der Waals surface area (Å²) in [6.07, 6.45) is 1.44. The summed E-state index contributed by atoms with van der Waals surface area (Å²) in [5.74, 6) is 5.56. The molecule has 0 unspecified atom stereocenters. The molecular weight excluding hydrogens is 268 g/mol. The van der Waals surface area contributed by atoms with Gasteiger partial charge in [-0.05, 0) is 19.1 Å². The summed E-state index contributed by atoms with van der Waals surface area (Å²) in [6.45, 7) is 1.82. The molecule has 8 nitrogen and oxygen atoms in total. The van der Waals surface area contributed by atoms with Crippen LogP contribution in [0.25, 0.3) is 0 Å². The van der Waals surface area contributed by atoms with Gasteiger partial charge in [-0.2, -0.15) is 5.10 Å². The Kier molecular flexibility index (Phi) is 3.40. The summed E-state index contributed by atoms with van der Waals surface area (Å²) in [5.41, 5.74) is 3.08. The number of hydrogen-bond donors (Lipinski definition) is 3. The molecule has 0 atom stereocenters. The third-order valence-corrected chi connectivity index (χ3v) is 3.94. The van der Waals surface area contributed by atoms with E-state index in [0.29, 0.717) is 0 Å². The number of nitrogens with one attached hydrogen (secondary N) is 2. The lowest BCUT2D eigenvalue weighted by atomic mass is 10.5. The van der Waals surface area contributed by atoms with E-state index in [9.17, 15) is 8.42 Å². The third kappa shape index (κ3) is 2.66. The summed E-state index contributed by atoms with van der Waals surface area (Å²) in [7, 11) is -2.06. The average molecular weight is 282 g/mol. The minimum absolute atomic E-state index is 0.0409. The summed E-state index contributed by atoms with van der Waals surface area (Å²) in [6, 6.07) is 4.54. The molecule has 2 rings (SSSR count). The molecule has 0 aliphatic heterocycles. The Morgan fingerprint density at radius 3 is 2.74 bits per heavy atom. The van der Waals surface area contributed by atoms with E-state index in [4.69, 9.17) is 5.84 Å². The van der Waals surface area contributed by atoms with E-state index in [1.807, 2.05) is 6.92 Å². The lowest BCUT2D eigenvalue weighted by molar-refractivity contribution is 0.600. The quantitative estimate of drug-likeness (QED) is 0.545. The number of pyridine rings is 1. The lowest BCUT2D eigenvalue weighted by Crippen LogP contribution is -2.18. The largest absolute Gasteiger partial charge is 0.307 e. The maximum absolute atomic E-state index is 12.2. The highest BCUT2D eigenvalue weighted by atomic mass is 32.2. The molecule has 9 heteroatoms. The monoisotopic (exact) mass is 282 g/mol. The highest BCUT2D eigenvalue weighted by Crippen LogP contribution is 2.20. The number of nitrogens with zero attached hydrogens (tertiary/aromatic N) is 3. The Labute approximate surface area is 110 Å². The van der Waals surface area contributed by atoms with Crippen LogP contribution in [0.1, 0.15) is 5.69 Å². The molecule has 102 valence electrons. The predicted molar refractivity (Wildman–Crippen MR) is 70.8 cm³/mol. The molecule has 0 spiro atoms. The number of nitrogens with two attached hydrogens (primary N) is 1. The van der Waals surface area contributed by atoms with E-state index >= 15 is 0 Å². The van der Waals surface area contributed by atoms with E-state index in [1.54, 1.807) is 17.8 Å². The summed E-state index contributed by atoms with van der Waals surface area (Å²) >= 11 is 0. The molecule has 0 fully saturated rings. The van der Waals surface area contributed by atoms with Crippen LogP contribution in [-0.4, -0.2) is 23.2 Å². The number of anilines is 2. The topological polar surface area (TPSA) is 115 Å². The van der Waals surface area contributed by atoms with Crippen molar-refractivity contribution in [3.05, 3.63) is 30.1 Å². The number of aryl methyl sites for hydroxylation is 2. The molecule has 0 radical (unpaired) electrons. The van der Waals surface area contributed by atoms with Gasteiger partial charge < -0.3 is 5.43 Å². The molecule has 0 saturated heterocycles. The fourth-order valence-corrected chi connectivity index (χ4v) is 2.63. The van der Waals surface area contributed by atoms with Gasteiger partial charge in [-0.25, -0.2) is 19.2 Å². The molecule has 4 N–H and O–H groups in total. The Hall–Kier alpha value is -2.13. The van der Waals surface area contributed by atoms with E-state index in [2.05, 4.69) is 20.2 Å². The minimum atomic E-state index is -3.79. The van der Waals surface area contributed by atoms with Crippen LogP contribution in [0.15, 0.2) is 29.3 Å². The van der Waals surface area contributed by atoms with Crippen molar-refractivity contribution in [3.8, 4) is 0 Å². The van der Waals surface area contributed by atoms with Crippen LogP contribution in [0.2, 0.25) is 0 Å². The van der Waals surface area contributed by atoms with Crippen molar-refractivity contribution >= 4 is 21.7 Å². The predicted octanol–water partition coefficient (Wildman–Crippen LogP) is 0.210. The van der Waals surface area contributed by atoms with Crippen LogP contribution >= 0.6 is 0 Å². The summed E-state index contributed by atoms with van der Waals surface area (Å²) < 4.78 is 28.4. The maximum Gasteiger partial charge on any atom is 0.266 e. The summed E-state index contributed by atoms with van der Waals surface area (Å²) in [5, 5.41) is 4.03. The van der Waals surface area contributed by atoms with Gasteiger partial charge in [0.1, 0.15) is 4.90 Å². The van der Waals surface area contributed by atoms with Gasteiger partial charge in [0.2, 0.25) is 0 Å².